The molecule has 0 spiro atoms. The molecule has 5 rings (SSSR count). The number of ether oxygens (including phenoxy) is 1. The molecule has 12 heteroatoms. The third kappa shape index (κ3) is 5.30. The molecule has 2 aromatic heterocycles. The molecule has 0 aliphatic carbocycles. The fourth-order valence-corrected chi connectivity index (χ4v) is 6.21. The minimum absolute atomic E-state index is 0.261. The molecule has 0 saturated carbocycles. The zero-order chi connectivity index (χ0) is 29.0. The molecule has 214 valence electrons. The number of aliphatic imine (C=N–C) groups is 1. The second kappa shape index (κ2) is 11.7. The van der Waals surface area contributed by atoms with Crippen LogP contribution in [0, 0.1) is 23.2 Å². The number of hydrogen-bond donors (Lipinski definition) is 3. The summed E-state index contributed by atoms with van der Waals surface area (Å²) in [7, 11) is 1.90. The number of thiazole rings is 1. The number of hydrogen-bond acceptors (Lipinski definition) is 9. The predicted molar refractivity (Wildman–Crippen MR) is 160 cm³/mol. The summed E-state index contributed by atoms with van der Waals surface area (Å²) in [6.07, 6.45) is 9.28. The number of nitrogens with one attached hydrogen (secondary N) is 3. The van der Waals surface area contributed by atoms with Gasteiger partial charge in [0.2, 0.25) is 5.79 Å². The fourth-order valence-electron chi connectivity index (χ4n) is 5.47. The van der Waals surface area contributed by atoms with Crippen molar-refractivity contribution >= 4 is 45.5 Å². The van der Waals surface area contributed by atoms with E-state index in [1.807, 2.05) is 54.8 Å². The monoisotopic (exact) mass is 574 g/mol. The molecule has 3 N–H and O–H groups in total. The van der Waals surface area contributed by atoms with Crippen molar-refractivity contribution in [2.24, 2.45) is 23.4 Å². The topological polar surface area (TPSA) is 126 Å². The summed E-state index contributed by atoms with van der Waals surface area (Å²) < 4.78 is 8.38. The van der Waals surface area contributed by atoms with Gasteiger partial charge in [0, 0.05) is 43.8 Å². The SMILES string of the molecule is CCNC(=O)NC1(C2CNCCC2(C)C(=O)OCC)N=CC=CN1c1cc(C#Cc2cncn2C)c2scnc2c1. The van der Waals surface area contributed by atoms with Gasteiger partial charge in [-0.1, -0.05) is 5.92 Å². The number of aryl methyl sites for hydroxylation is 1. The molecule has 3 unspecified atom stereocenters. The maximum Gasteiger partial charge on any atom is 0.318 e. The Balaban J connectivity index is 1.67. The van der Waals surface area contributed by atoms with Crippen LogP contribution in [0.5, 0.6) is 0 Å². The molecular formula is C29H34N8O3S. The molecule has 2 aliphatic rings. The minimum atomic E-state index is -1.36. The summed E-state index contributed by atoms with van der Waals surface area (Å²) in [6.45, 7) is 7.30. The number of fused-ring (bicyclic) bond motifs is 1. The Kier molecular flexibility index (Phi) is 8.10. The van der Waals surface area contributed by atoms with Crippen molar-refractivity contribution in [1.82, 2.24) is 30.5 Å². The van der Waals surface area contributed by atoms with Crippen LogP contribution in [0.2, 0.25) is 0 Å². The molecule has 2 amide bonds. The Labute approximate surface area is 243 Å². The predicted octanol–water partition coefficient (Wildman–Crippen LogP) is 2.99. The van der Waals surface area contributed by atoms with Gasteiger partial charge in [0.25, 0.3) is 0 Å². The van der Waals surface area contributed by atoms with Gasteiger partial charge in [-0.25, -0.2) is 19.8 Å². The lowest BCUT2D eigenvalue weighted by Crippen LogP contribution is -2.71. The Hall–Kier alpha value is -4.21. The average molecular weight is 575 g/mol. The van der Waals surface area contributed by atoms with E-state index in [-0.39, 0.29) is 12.6 Å². The summed E-state index contributed by atoms with van der Waals surface area (Å²) in [5, 5.41) is 9.40. The Morgan fingerprint density at radius 3 is 2.90 bits per heavy atom. The maximum atomic E-state index is 13.5. The first-order chi connectivity index (χ1) is 19.8. The lowest BCUT2D eigenvalue weighted by Gasteiger charge is -2.53. The van der Waals surface area contributed by atoms with Crippen molar-refractivity contribution in [1.29, 1.82) is 0 Å². The van der Waals surface area contributed by atoms with E-state index >= 15 is 0 Å². The number of esters is 1. The van der Waals surface area contributed by atoms with Crippen LogP contribution in [0.3, 0.4) is 0 Å². The number of anilines is 1. The van der Waals surface area contributed by atoms with E-state index in [4.69, 9.17) is 9.73 Å². The minimum Gasteiger partial charge on any atom is -0.466 e. The van der Waals surface area contributed by atoms with E-state index in [1.165, 1.54) is 11.3 Å². The summed E-state index contributed by atoms with van der Waals surface area (Å²) in [4.78, 5) is 42.3. The number of nitrogens with zero attached hydrogens (tertiary/aromatic N) is 5. The van der Waals surface area contributed by atoms with Crippen LogP contribution in [0.1, 0.15) is 38.4 Å². The molecule has 0 bridgehead atoms. The molecule has 11 nitrogen and oxygen atoms in total. The highest BCUT2D eigenvalue weighted by Gasteiger charge is 2.58. The third-order valence-electron chi connectivity index (χ3n) is 7.60. The molecular weight excluding hydrogens is 540 g/mol. The Morgan fingerprint density at radius 1 is 1.29 bits per heavy atom. The zero-order valence-corrected chi connectivity index (χ0v) is 24.4. The highest BCUT2D eigenvalue weighted by atomic mass is 32.1. The number of amides is 2. The van der Waals surface area contributed by atoms with Crippen molar-refractivity contribution in [3.8, 4) is 11.8 Å². The fraction of sp³-hybridized carbons (Fsp3) is 0.414. The van der Waals surface area contributed by atoms with Gasteiger partial charge in [-0.3, -0.25) is 10.1 Å². The molecule has 1 saturated heterocycles. The number of carbonyl (C=O) groups is 2. The highest BCUT2D eigenvalue weighted by molar-refractivity contribution is 7.17. The lowest BCUT2D eigenvalue weighted by atomic mass is 9.68. The van der Waals surface area contributed by atoms with E-state index in [0.717, 1.165) is 27.2 Å². The van der Waals surface area contributed by atoms with E-state index in [0.29, 0.717) is 26.1 Å². The van der Waals surface area contributed by atoms with Crippen molar-refractivity contribution in [3.63, 3.8) is 0 Å². The second-order valence-electron chi connectivity index (χ2n) is 10.2. The highest BCUT2D eigenvalue weighted by Crippen LogP contribution is 2.46. The van der Waals surface area contributed by atoms with Crippen molar-refractivity contribution in [2.75, 3.05) is 31.1 Å². The number of carbonyl (C=O) groups excluding carboxylic acids is 2. The number of aromatic nitrogens is 3. The maximum absolute atomic E-state index is 13.5. The van der Waals surface area contributed by atoms with Crippen LogP contribution in [0.4, 0.5) is 10.5 Å². The van der Waals surface area contributed by atoms with Crippen LogP contribution in [-0.4, -0.2) is 64.8 Å². The van der Waals surface area contributed by atoms with Crippen LogP contribution in [-0.2, 0) is 16.6 Å². The van der Waals surface area contributed by atoms with Gasteiger partial charge >= 0.3 is 12.0 Å². The Morgan fingerprint density at radius 2 is 2.15 bits per heavy atom. The number of piperidine rings is 1. The average Bonchev–Trinajstić information content (AvgIpc) is 3.61. The van der Waals surface area contributed by atoms with Gasteiger partial charge in [-0.15, -0.1) is 11.3 Å². The first kappa shape index (κ1) is 28.3. The zero-order valence-electron chi connectivity index (χ0n) is 23.6. The van der Waals surface area contributed by atoms with Crippen LogP contribution in [0.15, 0.2) is 47.4 Å². The summed E-state index contributed by atoms with van der Waals surface area (Å²) in [5.41, 5.74) is 3.91. The standard InChI is InChI=1S/C29H34N8O3S/c1-5-32-27(39)35-29(24-17-30-12-10-28(24,3)26(38)40-6-2)34-11-7-13-37(29)22-14-20(25-23(15-22)33-19-41-25)8-9-21-16-31-18-36(21)4/h7,11,13-16,18-19,24,30H,5-6,10,12,17H2,1-4H3,(H2,32,35,39). The summed E-state index contributed by atoms with van der Waals surface area (Å²) >= 11 is 1.51. The van der Waals surface area contributed by atoms with Gasteiger partial charge < -0.3 is 24.8 Å². The van der Waals surface area contributed by atoms with Crippen LogP contribution >= 0.6 is 11.3 Å². The number of allylic oxidation sites excluding steroid dienone is 1. The van der Waals surface area contributed by atoms with E-state index in [1.54, 1.807) is 31.2 Å². The van der Waals surface area contributed by atoms with Gasteiger partial charge in [0.1, 0.15) is 5.69 Å². The molecule has 1 fully saturated rings. The van der Waals surface area contributed by atoms with Gasteiger partial charge in [0.05, 0.1) is 46.2 Å². The molecule has 3 atom stereocenters. The van der Waals surface area contributed by atoms with Crippen molar-refractivity contribution < 1.29 is 14.3 Å². The molecule has 3 aromatic rings. The van der Waals surface area contributed by atoms with E-state index in [2.05, 4.69) is 37.8 Å². The largest absolute Gasteiger partial charge is 0.466 e. The number of urea groups is 1. The second-order valence-corrected chi connectivity index (χ2v) is 11.0. The van der Waals surface area contributed by atoms with Gasteiger partial charge in [-0.05, 0) is 57.9 Å². The third-order valence-corrected chi connectivity index (χ3v) is 8.47. The van der Waals surface area contributed by atoms with E-state index < -0.39 is 23.2 Å². The quantitative estimate of drug-likeness (QED) is 0.305. The summed E-state index contributed by atoms with van der Waals surface area (Å²) in [6, 6.07) is 3.53. The number of rotatable bonds is 6. The normalized spacial score (nSPS) is 23.6. The van der Waals surface area contributed by atoms with Gasteiger partial charge in [0.15, 0.2) is 0 Å². The first-order valence-electron chi connectivity index (χ1n) is 13.6. The van der Waals surface area contributed by atoms with Crippen LogP contribution < -0.4 is 20.9 Å². The van der Waals surface area contributed by atoms with Gasteiger partial charge in [-0.2, -0.15) is 0 Å². The number of imidazole rings is 1. The smallest absolute Gasteiger partial charge is 0.318 e. The van der Waals surface area contributed by atoms with Crippen LogP contribution in [0.25, 0.3) is 10.2 Å². The molecule has 1 aromatic carbocycles. The Bertz CT molecular complexity index is 1570. The summed E-state index contributed by atoms with van der Waals surface area (Å²) in [5.74, 6) is 4.33. The number of benzene rings is 1. The molecule has 2 aliphatic heterocycles. The van der Waals surface area contributed by atoms with Crippen molar-refractivity contribution in [2.45, 2.75) is 33.0 Å². The molecule has 41 heavy (non-hydrogen) atoms. The van der Waals surface area contributed by atoms with E-state index in [9.17, 15) is 9.59 Å². The molecule has 0 radical (unpaired) electrons. The molecule has 4 heterocycles. The van der Waals surface area contributed by atoms with Crippen molar-refractivity contribution in [3.05, 3.63) is 53.7 Å². The lowest BCUT2D eigenvalue weighted by molar-refractivity contribution is -0.162. The first-order valence-corrected chi connectivity index (χ1v) is 14.5.